The molecule has 4 heteroatoms. The molecular weight excluding hydrogens is 253 g/mol. The number of rotatable bonds is 6. The minimum atomic E-state index is -0.227. The van der Waals surface area contributed by atoms with Crippen molar-refractivity contribution in [3.8, 4) is 0 Å². The second-order valence-corrected chi connectivity index (χ2v) is 4.46. The first-order chi connectivity index (χ1) is 9.77. The van der Waals surface area contributed by atoms with Gasteiger partial charge in [0.1, 0.15) is 11.6 Å². The lowest BCUT2D eigenvalue weighted by molar-refractivity contribution is 0.624. The molecule has 2 aromatic rings. The predicted octanol–water partition coefficient (Wildman–Crippen LogP) is 3.49. The fourth-order valence-electron chi connectivity index (χ4n) is 2.18. The van der Waals surface area contributed by atoms with E-state index in [1.54, 1.807) is 18.3 Å². The Kier molecular flexibility index (Phi) is 5.07. The second kappa shape index (κ2) is 7.01. The van der Waals surface area contributed by atoms with Gasteiger partial charge in [-0.1, -0.05) is 25.1 Å². The normalized spacial score (nSPS) is 10.6. The number of pyridine rings is 1. The van der Waals surface area contributed by atoms with E-state index in [0.29, 0.717) is 12.2 Å². The maximum atomic E-state index is 14.0. The molecule has 0 saturated carbocycles. The van der Waals surface area contributed by atoms with E-state index in [1.807, 2.05) is 30.0 Å². The number of anilines is 2. The molecule has 2 rings (SSSR count). The van der Waals surface area contributed by atoms with Crippen molar-refractivity contribution in [2.24, 2.45) is 0 Å². The summed E-state index contributed by atoms with van der Waals surface area (Å²) in [6, 6.07) is 10.7. The molecule has 0 atom stereocenters. The number of benzene rings is 1. The molecule has 1 aromatic heterocycles. The van der Waals surface area contributed by atoms with Gasteiger partial charge in [0.05, 0.1) is 5.69 Å². The summed E-state index contributed by atoms with van der Waals surface area (Å²) >= 11 is 0. The Labute approximate surface area is 119 Å². The molecule has 0 radical (unpaired) electrons. The van der Waals surface area contributed by atoms with Crippen molar-refractivity contribution < 1.29 is 4.39 Å². The van der Waals surface area contributed by atoms with Crippen LogP contribution in [-0.4, -0.2) is 18.1 Å². The third-order valence-corrected chi connectivity index (χ3v) is 3.15. The van der Waals surface area contributed by atoms with E-state index in [4.69, 9.17) is 0 Å². The lowest BCUT2D eigenvalue weighted by Crippen LogP contribution is -2.22. The van der Waals surface area contributed by atoms with Crippen LogP contribution in [0.5, 0.6) is 0 Å². The Hall–Kier alpha value is -1.94. The van der Waals surface area contributed by atoms with Crippen molar-refractivity contribution in [2.75, 3.05) is 18.0 Å². The van der Waals surface area contributed by atoms with E-state index < -0.39 is 0 Å². The van der Waals surface area contributed by atoms with Crippen molar-refractivity contribution in [1.82, 2.24) is 10.3 Å². The van der Waals surface area contributed by atoms with Gasteiger partial charge in [-0.05, 0) is 31.7 Å². The third-order valence-electron chi connectivity index (χ3n) is 3.15. The van der Waals surface area contributed by atoms with Gasteiger partial charge in [-0.2, -0.15) is 0 Å². The number of halogens is 1. The van der Waals surface area contributed by atoms with E-state index in [1.165, 1.54) is 6.07 Å². The van der Waals surface area contributed by atoms with E-state index in [2.05, 4.69) is 17.2 Å². The summed E-state index contributed by atoms with van der Waals surface area (Å²) in [7, 11) is 0. The van der Waals surface area contributed by atoms with E-state index in [0.717, 1.165) is 24.5 Å². The van der Waals surface area contributed by atoms with Crippen molar-refractivity contribution in [3.05, 3.63) is 54.0 Å². The summed E-state index contributed by atoms with van der Waals surface area (Å²) in [5.41, 5.74) is 1.63. The van der Waals surface area contributed by atoms with Crippen LogP contribution >= 0.6 is 0 Å². The molecule has 0 spiro atoms. The minimum Gasteiger partial charge on any atom is -0.324 e. The SMILES string of the molecule is CCNCc1cccnc1N(CC)c1ccccc1F. The number of aromatic nitrogens is 1. The highest BCUT2D eigenvalue weighted by molar-refractivity contribution is 5.63. The van der Waals surface area contributed by atoms with Gasteiger partial charge < -0.3 is 10.2 Å². The van der Waals surface area contributed by atoms with Crippen LogP contribution in [0.15, 0.2) is 42.6 Å². The van der Waals surface area contributed by atoms with Gasteiger partial charge in [0.25, 0.3) is 0 Å². The van der Waals surface area contributed by atoms with Gasteiger partial charge in [0, 0.05) is 24.8 Å². The van der Waals surface area contributed by atoms with Crippen molar-refractivity contribution in [3.63, 3.8) is 0 Å². The topological polar surface area (TPSA) is 28.2 Å². The van der Waals surface area contributed by atoms with Gasteiger partial charge in [0.2, 0.25) is 0 Å². The first-order valence-electron chi connectivity index (χ1n) is 6.94. The molecule has 20 heavy (non-hydrogen) atoms. The zero-order valence-electron chi connectivity index (χ0n) is 11.9. The van der Waals surface area contributed by atoms with Crippen LogP contribution in [0.4, 0.5) is 15.9 Å². The quantitative estimate of drug-likeness (QED) is 0.873. The Balaban J connectivity index is 2.39. The molecule has 106 valence electrons. The standard InChI is InChI=1S/C16H20FN3/c1-3-18-12-13-8-7-11-19-16(13)20(4-2)15-10-6-5-9-14(15)17/h5-11,18H,3-4,12H2,1-2H3. The van der Waals surface area contributed by atoms with Crippen LogP contribution in [0, 0.1) is 5.82 Å². The van der Waals surface area contributed by atoms with Crippen molar-refractivity contribution in [1.29, 1.82) is 0 Å². The van der Waals surface area contributed by atoms with Crippen LogP contribution in [0.1, 0.15) is 19.4 Å². The summed E-state index contributed by atoms with van der Waals surface area (Å²) in [4.78, 5) is 6.34. The highest BCUT2D eigenvalue weighted by Gasteiger charge is 2.15. The van der Waals surface area contributed by atoms with Gasteiger partial charge >= 0.3 is 0 Å². The third kappa shape index (κ3) is 3.14. The highest BCUT2D eigenvalue weighted by atomic mass is 19.1. The lowest BCUT2D eigenvalue weighted by atomic mass is 10.2. The monoisotopic (exact) mass is 273 g/mol. The van der Waals surface area contributed by atoms with Gasteiger partial charge in [-0.15, -0.1) is 0 Å². The first-order valence-corrected chi connectivity index (χ1v) is 6.94. The van der Waals surface area contributed by atoms with E-state index in [-0.39, 0.29) is 5.82 Å². The zero-order valence-corrected chi connectivity index (χ0v) is 11.9. The van der Waals surface area contributed by atoms with Crippen LogP contribution in [0.25, 0.3) is 0 Å². The van der Waals surface area contributed by atoms with E-state index in [9.17, 15) is 4.39 Å². The molecule has 0 saturated heterocycles. The summed E-state index contributed by atoms with van der Waals surface area (Å²) in [6.07, 6.45) is 1.74. The maximum absolute atomic E-state index is 14.0. The Bertz CT molecular complexity index is 557. The Morgan fingerprint density at radius 3 is 2.65 bits per heavy atom. The van der Waals surface area contributed by atoms with Crippen LogP contribution in [0.3, 0.4) is 0 Å². The Morgan fingerprint density at radius 1 is 1.15 bits per heavy atom. The fraction of sp³-hybridized carbons (Fsp3) is 0.312. The molecule has 0 fully saturated rings. The Morgan fingerprint density at radius 2 is 1.95 bits per heavy atom. The van der Waals surface area contributed by atoms with Crippen LogP contribution in [-0.2, 0) is 6.54 Å². The summed E-state index contributed by atoms with van der Waals surface area (Å²) in [5.74, 6) is 0.579. The number of para-hydroxylation sites is 1. The molecule has 1 N–H and O–H groups in total. The van der Waals surface area contributed by atoms with Crippen molar-refractivity contribution in [2.45, 2.75) is 20.4 Å². The van der Waals surface area contributed by atoms with Gasteiger partial charge in [-0.3, -0.25) is 0 Å². The molecule has 0 aliphatic rings. The molecule has 0 amide bonds. The van der Waals surface area contributed by atoms with Crippen LogP contribution in [0.2, 0.25) is 0 Å². The number of nitrogens with one attached hydrogen (secondary N) is 1. The summed E-state index contributed by atoms with van der Waals surface area (Å²) in [6.45, 7) is 6.34. The van der Waals surface area contributed by atoms with Gasteiger partial charge in [0.15, 0.2) is 0 Å². The molecule has 0 aliphatic heterocycles. The molecule has 0 aliphatic carbocycles. The summed E-state index contributed by atoms with van der Waals surface area (Å²) < 4.78 is 14.0. The molecule has 1 heterocycles. The van der Waals surface area contributed by atoms with E-state index >= 15 is 0 Å². The lowest BCUT2D eigenvalue weighted by Gasteiger charge is -2.25. The molecule has 3 nitrogen and oxygen atoms in total. The zero-order chi connectivity index (χ0) is 14.4. The van der Waals surface area contributed by atoms with Gasteiger partial charge in [-0.25, -0.2) is 9.37 Å². The first kappa shape index (κ1) is 14.5. The maximum Gasteiger partial charge on any atom is 0.146 e. The molecular formula is C16H20FN3. The predicted molar refractivity (Wildman–Crippen MR) is 80.7 cm³/mol. The van der Waals surface area contributed by atoms with Crippen molar-refractivity contribution >= 4 is 11.5 Å². The number of hydrogen-bond donors (Lipinski definition) is 1. The average molecular weight is 273 g/mol. The molecule has 0 unspecified atom stereocenters. The smallest absolute Gasteiger partial charge is 0.146 e. The fourth-order valence-corrected chi connectivity index (χ4v) is 2.18. The number of hydrogen-bond acceptors (Lipinski definition) is 3. The van der Waals surface area contributed by atoms with Crippen LogP contribution < -0.4 is 10.2 Å². The minimum absolute atomic E-state index is 0.227. The highest BCUT2D eigenvalue weighted by Crippen LogP contribution is 2.28. The largest absolute Gasteiger partial charge is 0.324 e. The summed E-state index contributed by atoms with van der Waals surface area (Å²) in [5, 5.41) is 3.29. The average Bonchev–Trinajstić information content (AvgIpc) is 2.49. The molecule has 1 aromatic carbocycles. The second-order valence-electron chi connectivity index (χ2n) is 4.46. The number of nitrogens with zero attached hydrogens (tertiary/aromatic N) is 2. The molecule has 0 bridgehead atoms.